The fraction of sp³-hybridized carbons (Fsp3) is 0.536. The van der Waals surface area contributed by atoms with Gasteiger partial charge in [-0.2, -0.15) is 0 Å². The van der Waals surface area contributed by atoms with Crippen molar-refractivity contribution in [1.82, 2.24) is 14.8 Å². The van der Waals surface area contributed by atoms with Crippen LogP contribution in [0.3, 0.4) is 0 Å². The number of rotatable bonds is 7. The minimum atomic E-state index is -1.35. The van der Waals surface area contributed by atoms with Crippen LogP contribution in [0.15, 0.2) is 41.7 Å². The standard InChI is InChI=1S/C28H38N4O4S/c1-20-10-15-29-21(2)25(20)27(33)31-18-13-28(3,14-19-31)32-16-11-23(12-17-32)26(30-35-4)22-6-8-24(9-7-22)36-37(5)34/h6-10,15,23H,11-14,16-19H2,1-5H3/b30-26+. The minimum absolute atomic E-state index is 0.0775. The van der Waals surface area contributed by atoms with Gasteiger partial charge in [-0.1, -0.05) is 5.16 Å². The Kier molecular flexibility index (Phi) is 8.64. The van der Waals surface area contributed by atoms with Crippen molar-refractivity contribution in [3.8, 4) is 5.75 Å². The minimum Gasteiger partial charge on any atom is -0.401 e. The van der Waals surface area contributed by atoms with Crippen molar-refractivity contribution in [3.05, 3.63) is 58.9 Å². The molecule has 0 aliphatic carbocycles. The van der Waals surface area contributed by atoms with Crippen LogP contribution in [-0.2, 0) is 15.9 Å². The van der Waals surface area contributed by atoms with Gasteiger partial charge in [-0.15, -0.1) is 0 Å². The van der Waals surface area contributed by atoms with Crippen molar-refractivity contribution in [2.75, 3.05) is 39.5 Å². The molecule has 0 saturated carbocycles. The van der Waals surface area contributed by atoms with Crippen molar-refractivity contribution in [2.24, 2.45) is 11.1 Å². The van der Waals surface area contributed by atoms with Gasteiger partial charge in [0.25, 0.3) is 5.91 Å². The molecule has 2 aromatic rings. The Labute approximate surface area is 222 Å². The largest absolute Gasteiger partial charge is 0.401 e. The number of pyridine rings is 1. The summed E-state index contributed by atoms with van der Waals surface area (Å²) in [6.45, 7) is 9.72. The number of carbonyl (C=O) groups is 1. The monoisotopic (exact) mass is 526 g/mol. The molecule has 1 unspecified atom stereocenters. The maximum Gasteiger partial charge on any atom is 0.255 e. The van der Waals surface area contributed by atoms with E-state index in [1.807, 2.05) is 49.1 Å². The number of carbonyl (C=O) groups excluding carboxylic acids is 1. The lowest BCUT2D eigenvalue weighted by atomic mass is 9.82. The quantitative estimate of drug-likeness (QED) is 0.399. The lowest BCUT2D eigenvalue weighted by Crippen LogP contribution is -2.56. The molecular formula is C28H38N4O4S. The van der Waals surface area contributed by atoms with Crippen molar-refractivity contribution in [1.29, 1.82) is 0 Å². The van der Waals surface area contributed by atoms with E-state index in [1.54, 1.807) is 13.3 Å². The summed E-state index contributed by atoms with van der Waals surface area (Å²) in [4.78, 5) is 27.4. The zero-order valence-corrected chi connectivity index (χ0v) is 23.3. The molecule has 2 fully saturated rings. The third-order valence-corrected chi connectivity index (χ3v) is 8.32. The summed E-state index contributed by atoms with van der Waals surface area (Å²) in [5, 5.41) is 4.38. The molecule has 9 heteroatoms. The summed E-state index contributed by atoms with van der Waals surface area (Å²) in [5.74, 6) is 0.971. The Morgan fingerprint density at radius 2 is 1.73 bits per heavy atom. The molecule has 8 nitrogen and oxygen atoms in total. The van der Waals surface area contributed by atoms with Gasteiger partial charge in [-0.3, -0.25) is 14.7 Å². The van der Waals surface area contributed by atoms with Crippen LogP contribution in [-0.4, -0.2) is 75.7 Å². The highest BCUT2D eigenvalue weighted by atomic mass is 32.2. The first-order valence-corrected chi connectivity index (χ1v) is 14.4. The van der Waals surface area contributed by atoms with E-state index in [-0.39, 0.29) is 11.4 Å². The molecule has 37 heavy (non-hydrogen) atoms. The third kappa shape index (κ3) is 6.21. The SMILES string of the molecule is CO/N=C(\c1ccc(OS(C)=O)cc1)C1CCN(C2(C)CCN(C(=O)c3c(C)ccnc3C)CC2)CC1. The number of benzene rings is 1. The number of likely N-dealkylation sites (tertiary alicyclic amines) is 2. The summed E-state index contributed by atoms with van der Waals surface area (Å²) in [6.07, 6.45) is 7.17. The Hall–Kier alpha value is -2.78. The molecule has 0 bridgehead atoms. The molecule has 2 aliphatic heterocycles. The average Bonchev–Trinajstić information content (AvgIpc) is 2.88. The van der Waals surface area contributed by atoms with Crippen LogP contribution in [0.2, 0.25) is 0 Å². The molecule has 3 heterocycles. The predicted molar refractivity (Wildman–Crippen MR) is 146 cm³/mol. The second-order valence-electron chi connectivity index (χ2n) is 10.3. The van der Waals surface area contributed by atoms with Crippen LogP contribution in [0, 0.1) is 19.8 Å². The molecule has 200 valence electrons. The first kappa shape index (κ1) is 27.3. The normalized spacial score (nSPS) is 19.9. The van der Waals surface area contributed by atoms with Crippen LogP contribution in [0.5, 0.6) is 5.75 Å². The fourth-order valence-corrected chi connectivity index (χ4v) is 6.04. The molecule has 2 aliphatic rings. The molecule has 0 N–H and O–H groups in total. The van der Waals surface area contributed by atoms with Gasteiger partial charge >= 0.3 is 0 Å². The van der Waals surface area contributed by atoms with Crippen molar-refractivity contribution in [3.63, 3.8) is 0 Å². The van der Waals surface area contributed by atoms with E-state index < -0.39 is 11.1 Å². The molecule has 0 spiro atoms. The lowest BCUT2D eigenvalue weighted by molar-refractivity contribution is 0.0161. The van der Waals surface area contributed by atoms with Crippen molar-refractivity contribution < 1.29 is 18.0 Å². The second-order valence-corrected chi connectivity index (χ2v) is 11.3. The van der Waals surface area contributed by atoms with Gasteiger partial charge in [0, 0.05) is 37.0 Å². The van der Waals surface area contributed by atoms with Gasteiger partial charge in [0.15, 0.2) is 0 Å². The topological polar surface area (TPSA) is 84.3 Å². The van der Waals surface area contributed by atoms with E-state index >= 15 is 0 Å². The number of hydrogen-bond donors (Lipinski definition) is 0. The highest BCUT2D eigenvalue weighted by Gasteiger charge is 2.39. The van der Waals surface area contributed by atoms with E-state index in [2.05, 4.69) is 22.0 Å². The molecule has 1 aromatic heterocycles. The fourth-order valence-electron chi connectivity index (χ4n) is 5.65. The van der Waals surface area contributed by atoms with Gasteiger partial charge in [-0.05, 0) is 101 Å². The van der Waals surface area contributed by atoms with Gasteiger partial charge in [0.1, 0.15) is 12.9 Å². The molecule has 2 saturated heterocycles. The van der Waals surface area contributed by atoms with Crippen LogP contribution in [0.4, 0.5) is 0 Å². The molecular weight excluding hydrogens is 488 g/mol. The lowest BCUT2D eigenvalue weighted by Gasteiger charge is -2.49. The maximum atomic E-state index is 13.2. The van der Waals surface area contributed by atoms with Crippen LogP contribution < -0.4 is 4.18 Å². The summed E-state index contributed by atoms with van der Waals surface area (Å²) < 4.78 is 16.6. The molecule has 4 rings (SSSR count). The Balaban J connectivity index is 1.36. The van der Waals surface area contributed by atoms with Crippen LogP contribution in [0.25, 0.3) is 0 Å². The maximum absolute atomic E-state index is 13.2. The number of aromatic nitrogens is 1. The van der Waals surface area contributed by atoms with E-state index in [0.29, 0.717) is 11.7 Å². The third-order valence-electron chi connectivity index (χ3n) is 7.89. The predicted octanol–water partition coefficient (Wildman–Crippen LogP) is 4.13. The summed E-state index contributed by atoms with van der Waals surface area (Å²) in [7, 11) is 1.58. The molecule has 0 radical (unpaired) electrons. The second kappa shape index (κ2) is 11.7. The van der Waals surface area contributed by atoms with Gasteiger partial charge < -0.3 is 13.9 Å². The summed E-state index contributed by atoms with van der Waals surface area (Å²) in [6, 6.07) is 9.46. The number of oxime groups is 1. The number of nitrogens with zero attached hydrogens (tertiary/aromatic N) is 4. The highest BCUT2D eigenvalue weighted by molar-refractivity contribution is 7.79. The number of hydrogen-bond acceptors (Lipinski definition) is 7. The summed E-state index contributed by atoms with van der Waals surface area (Å²) in [5.41, 5.74) is 4.56. The van der Waals surface area contributed by atoms with E-state index in [1.165, 1.54) is 6.26 Å². The Morgan fingerprint density at radius 1 is 1.08 bits per heavy atom. The molecule has 1 atom stereocenters. The van der Waals surface area contributed by atoms with Gasteiger partial charge in [0.2, 0.25) is 11.1 Å². The molecule has 1 amide bonds. The van der Waals surface area contributed by atoms with E-state index in [9.17, 15) is 9.00 Å². The van der Waals surface area contributed by atoms with Crippen molar-refractivity contribution in [2.45, 2.75) is 52.0 Å². The smallest absolute Gasteiger partial charge is 0.255 e. The highest BCUT2D eigenvalue weighted by Crippen LogP contribution is 2.34. The molecule has 1 aromatic carbocycles. The number of amides is 1. The number of aryl methyl sites for hydroxylation is 2. The van der Waals surface area contributed by atoms with Crippen LogP contribution >= 0.6 is 0 Å². The Morgan fingerprint density at radius 3 is 2.30 bits per heavy atom. The zero-order chi connectivity index (χ0) is 26.6. The van der Waals surface area contributed by atoms with E-state index in [4.69, 9.17) is 9.02 Å². The van der Waals surface area contributed by atoms with Crippen molar-refractivity contribution >= 4 is 22.7 Å². The van der Waals surface area contributed by atoms with Crippen LogP contribution in [0.1, 0.15) is 59.8 Å². The van der Waals surface area contributed by atoms with Gasteiger partial charge in [-0.25, -0.2) is 4.21 Å². The number of piperidine rings is 2. The van der Waals surface area contributed by atoms with E-state index in [0.717, 1.165) is 80.0 Å². The Bertz CT molecular complexity index is 1130. The average molecular weight is 527 g/mol. The first-order valence-electron chi connectivity index (χ1n) is 12.9. The summed E-state index contributed by atoms with van der Waals surface area (Å²) >= 11 is -1.35. The van der Waals surface area contributed by atoms with Gasteiger partial charge in [0.05, 0.1) is 17.0 Å². The first-order chi connectivity index (χ1) is 17.7. The zero-order valence-electron chi connectivity index (χ0n) is 22.5.